The van der Waals surface area contributed by atoms with E-state index >= 15 is 0 Å². The van der Waals surface area contributed by atoms with E-state index in [4.69, 9.17) is 64.1 Å². The molecule has 0 bridgehead atoms. The lowest BCUT2D eigenvalue weighted by Gasteiger charge is -2.11. The Morgan fingerprint density at radius 3 is 1.68 bits per heavy atom. The van der Waals surface area contributed by atoms with Crippen molar-refractivity contribution in [2.45, 2.75) is 83.1 Å². The molecule has 20 nitrogen and oxygen atoms in total. The summed E-state index contributed by atoms with van der Waals surface area (Å²) in [6, 6.07) is 4.41. The van der Waals surface area contributed by atoms with Gasteiger partial charge in [-0.25, -0.2) is 0 Å². The van der Waals surface area contributed by atoms with E-state index in [0.29, 0.717) is 25.8 Å². The maximum absolute atomic E-state index is 10.4. The summed E-state index contributed by atoms with van der Waals surface area (Å²) < 4.78 is 0. The Morgan fingerprint density at radius 2 is 1.36 bits per heavy atom. The fourth-order valence-corrected chi connectivity index (χ4v) is 3.92. The first-order valence-electron chi connectivity index (χ1n) is 15.5. The van der Waals surface area contributed by atoms with Gasteiger partial charge in [0.1, 0.15) is 29.9 Å². The van der Waals surface area contributed by atoms with Crippen molar-refractivity contribution in [2.75, 3.05) is 19.7 Å². The van der Waals surface area contributed by atoms with E-state index in [-0.39, 0.29) is 37.2 Å². The van der Waals surface area contributed by atoms with Crippen LogP contribution >= 0.6 is 0 Å². The summed E-state index contributed by atoms with van der Waals surface area (Å²) in [4.78, 5) is 53.4. The van der Waals surface area contributed by atoms with Crippen molar-refractivity contribution < 1.29 is 59.7 Å². The number of guanidine groups is 1. The van der Waals surface area contributed by atoms with Gasteiger partial charge < -0.3 is 74.7 Å². The van der Waals surface area contributed by atoms with Crippen LogP contribution in [0.3, 0.4) is 0 Å². The van der Waals surface area contributed by atoms with Gasteiger partial charge in [0.15, 0.2) is 5.96 Å². The molecule has 5 unspecified atom stereocenters. The summed E-state index contributed by atoms with van der Waals surface area (Å²) >= 11 is 0. The summed E-state index contributed by atoms with van der Waals surface area (Å²) in [5.74, 6) is -4.64. The number of aliphatic hydroxyl groups is 1. The summed E-state index contributed by atoms with van der Waals surface area (Å²) in [5.41, 5.74) is 26.2. The van der Waals surface area contributed by atoms with Crippen LogP contribution in [-0.2, 0) is 30.4 Å². The monoisotopic (exact) mass is 738 g/mol. The Kier molecular flexibility index (Phi) is 34.7. The van der Waals surface area contributed by atoms with Gasteiger partial charge in [-0.05, 0) is 49.3 Å². The van der Waals surface area contributed by atoms with E-state index in [1.807, 2.05) is 20.8 Å². The van der Waals surface area contributed by atoms with Crippen molar-refractivity contribution in [3.63, 3.8) is 0 Å². The average molecular weight is 739 g/mol. The molecule has 0 aromatic heterocycles. The zero-order valence-electron chi connectivity index (χ0n) is 28.8. The number of hydrogen-bond donors (Lipinski definition) is 15. The van der Waals surface area contributed by atoms with Crippen molar-refractivity contribution >= 4 is 45.5 Å². The van der Waals surface area contributed by atoms with Crippen LogP contribution in [-0.4, -0.2) is 125 Å². The van der Waals surface area contributed by atoms with E-state index in [9.17, 15) is 24.0 Å². The number of aromatic hydroxyl groups is 1. The maximum atomic E-state index is 10.4. The molecule has 5 atom stereocenters. The second-order valence-electron chi connectivity index (χ2n) is 10.4. The molecule has 0 fully saturated rings. The largest absolute Gasteiger partial charge is 0.508 e. The number of phenols is 1. The predicted octanol–water partition coefficient (Wildman–Crippen LogP) is -2.58. The first kappa shape index (κ1) is 52.4. The zero-order chi connectivity index (χ0) is 39.8. The number of carboxylic acid groups (broad SMARTS) is 5. The van der Waals surface area contributed by atoms with Crippen molar-refractivity contribution in [1.82, 2.24) is 10.3 Å². The number of nitrogens with one attached hydrogen (secondary N) is 3. The number of aliphatic carboxylic acids is 5. The Morgan fingerprint density at radius 1 is 0.860 bits per heavy atom. The van der Waals surface area contributed by atoms with Crippen LogP contribution in [0.4, 0.5) is 0 Å². The number of hydrogen-bond acceptors (Lipinski definition) is 13. The van der Waals surface area contributed by atoms with Gasteiger partial charge in [-0.15, -0.1) is 0 Å². The number of carbonyl (C=O) groups is 5. The molecule has 21 heteroatoms. The molecule has 0 heterocycles. The quantitative estimate of drug-likeness (QED) is 0.0318. The fraction of sp³-hybridized carbons (Fsp3) is 0.586. The molecule has 1 aromatic rings. The molecule has 0 aliphatic rings. The fourth-order valence-electron chi connectivity index (χ4n) is 2.90. The molecule has 0 saturated heterocycles. The van der Waals surface area contributed by atoms with Crippen LogP contribution in [0, 0.1) is 11.3 Å². The zero-order valence-corrected chi connectivity index (χ0v) is 30.2. The second-order valence-corrected chi connectivity index (χ2v) is 12.4. The molecule has 0 saturated carbocycles. The molecule has 50 heavy (non-hydrogen) atoms. The second kappa shape index (κ2) is 33.1. The van der Waals surface area contributed by atoms with E-state index < -0.39 is 63.7 Å². The number of phenolic OH excluding ortho intramolecular Hbond substituents is 1. The molecule has 1 aromatic carbocycles. The normalized spacial score (nSPS) is 13.0. The van der Waals surface area contributed by atoms with Crippen molar-refractivity contribution in [3.8, 4) is 5.75 Å². The number of aliphatic hydroxyl groups excluding tert-OH is 1. The topological polar surface area (TPSA) is 405 Å². The summed E-state index contributed by atoms with van der Waals surface area (Å²) in [5, 5.41) is 68.2. The highest BCUT2D eigenvalue weighted by Gasteiger charge is 2.17. The van der Waals surface area contributed by atoms with Crippen molar-refractivity contribution in [2.24, 2.45) is 34.6 Å². The minimum Gasteiger partial charge on any atom is -0.508 e. The van der Waals surface area contributed by atoms with Gasteiger partial charge in [0.2, 0.25) is 0 Å². The van der Waals surface area contributed by atoms with Crippen molar-refractivity contribution in [3.05, 3.63) is 29.8 Å². The van der Waals surface area contributed by atoms with E-state index in [1.54, 1.807) is 12.1 Å². The number of nitrogens with two attached hydrogens (primary N) is 5. The van der Waals surface area contributed by atoms with Gasteiger partial charge in [0.25, 0.3) is 0 Å². The predicted molar refractivity (Wildman–Crippen MR) is 189 cm³/mol. The molecule has 290 valence electrons. The third kappa shape index (κ3) is 34.9. The number of benzene rings is 1. The highest BCUT2D eigenvalue weighted by Crippen LogP contribution is 2.10. The van der Waals surface area contributed by atoms with Gasteiger partial charge in [-0.1, -0.05) is 45.4 Å². The highest BCUT2D eigenvalue weighted by molar-refractivity contribution is 6.32. The van der Waals surface area contributed by atoms with Crippen molar-refractivity contribution in [1.29, 1.82) is 5.41 Å². The van der Waals surface area contributed by atoms with Crippen LogP contribution in [0.5, 0.6) is 5.75 Å². The molecule has 1 rings (SSSR count). The standard InChI is InChI=1S/C9H11NO3.C6H14N4O2.C6H15NO3Si.C6H13NO2.C2H5NO2/c10-8(9(12)13)5-6-1-3-7(11)4-2-6;7-4(5(11)12)2-1-3-10-6(8)9;1-2-11-7-5(3-4-8)6(9)10;1-3-4(2)5(7)6(8)9;3-1-2(4)5/h1-4,8,11H,5,10H2,(H,12,13);4H,1-3,7H2,(H,11,12)(H4,8,9,10);5,7-8H,2-4,11H2,1H3,(H,9,10);4-5H,3,7H2,1-2H3,(H,8,9);1,3H2,(H,4,5). The van der Waals surface area contributed by atoms with Gasteiger partial charge in [-0.2, -0.15) is 0 Å². The van der Waals surface area contributed by atoms with Crippen LogP contribution in [0.1, 0.15) is 52.0 Å². The van der Waals surface area contributed by atoms with Crippen LogP contribution < -0.4 is 39.0 Å². The lowest BCUT2D eigenvalue weighted by molar-refractivity contribution is -0.140. The highest BCUT2D eigenvalue weighted by atomic mass is 28.2. The first-order valence-corrected chi connectivity index (χ1v) is 17.2. The van der Waals surface area contributed by atoms with Gasteiger partial charge in [0, 0.05) is 13.2 Å². The summed E-state index contributed by atoms with van der Waals surface area (Å²) in [6.07, 6.45) is 2.37. The number of carboxylic acids is 5. The van der Waals surface area contributed by atoms with E-state index in [0.717, 1.165) is 18.0 Å². The Balaban J connectivity index is -0.000000272. The summed E-state index contributed by atoms with van der Waals surface area (Å²) in [6.45, 7) is 5.92. The molecule has 0 radical (unpaired) electrons. The number of rotatable bonds is 18. The van der Waals surface area contributed by atoms with Crippen LogP contribution in [0.15, 0.2) is 24.3 Å². The molecule has 0 amide bonds. The van der Waals surface area contributed by atoms with E-state index in [1.165, 1.54) is 12.1 Å². The summed E-state index contributed by atoms with van der Waals surface area (Å²) in [7, 11) is -0.431. The smallest absolute Gasteiger partial charge is 0.320 e. The van der Waals surface area contributed by atoms with Crippen LogP contribution in [0.2, 0.25) is 6.04 Å². The maximum Gasteiger partial charge on any atom is 0.320 e. The Labute approximate surface area is 293 Å². The van der Waals surface area contributed by atoms with Gasteiger partial charge in [-0.3, -0.25) is 29.4 Å². The van der Waals surface area contributed by atoms with E-state index in [2.05, 4.69) is 16.0 Å². The lowest BCUT2D eigenvalue weighted by Crippen LogP contribution is -2.39. The lowest BCUT2D eigenvalue weighted by atomic mass is 10.0. The molecule has 0 aliphatic heterocycles. The molecular weight excluding hydrogens is 680 g/mol. The molecule has 20 N–H and O–H groups in total. The Hall–Kier alpha value is -4.38. The average Bonchev–Trinajstić information content (AvgIpc) is 3.05. The minimum absolute atomic E-state index is 0.0674. The first-order chi connectivity index (χ1) is 23.2. The van der Waals surface area contributed by atoms with Gasteiger partial charge in [0.05, 0.1) is 16.2 Å². The van der Waals surface area contributed by atoms with Gasteiger partial charge >= 0.3 is 29.8 Å². The SMILES string of the molecule is CCC(C)C(N)C(=O)O.CC[SiH2]NC(CCO)C(=O)O.N=C(N)NCCCC(N)C(=O)O.NC(Cc1ccc(O)cc1)C(=O)O.NCC(=O)O. The third-order valence-corrected chi connectivity index (χ3v) is 7.39. The molecular formula is C29H58N8O12Si. The molecule has 0 spiro atoms. The Bertz CT molecular complexity index is 1100. The van der Waals surface area contributed by atoms with Crippen LogP contribution in [0.25, 0.3) is 0 Å². The molecule has 0 aliphatic carbocycles. The third-order valence-electron chi connectivity index (χ3n) is 6.11. The minimum atomic E-state index is -1.02.